The molecule has 0 atom stereocenters. The molecule has 0 fully saturated rings. The largest absolute Gasteiger partial charge is 0.456 e. The Bertz CT molecular complexity index is 2020. The summed E-state index contributed by atoms with van der Waals surface area (Å²) in [6, 6.07) is 43.7. The van der Waals surface area contributed by atoms with E-state index in [2.05, 4.69) is 109 Å². The monoisotopic (exact) mass is 444 g/mol. The first kappa shape index (κ1) is 18.8. The van der Waals surface area contributed by atoms with Crippen LogP contribution in [0, 0.1) is 0 Å². The lowest BCUT2D eigenvalue weighted by Crippen LogP contribution is -1.89. The van der Waals surface area contributed by atoms with Gasteiger partial charge in [-0.15, -0.1) is 0 Å². The summed E-state index contributed by atoms with van der Waals surface area (Å²) in [5.41, 5.74) is 4.58. The Balaban J connectivity index is 1.43. The van der Waals surface area contributed by atoms with Crippen molar-refractivity contribution < 1.29 is 4.42 Å². The Labute approximate surface area is 202 Å². The second-order valence-electron chi connectivity index (χ2n) is 9.36. The van der Waals surface area contributed by atoms with E-state index in [-0.39, 0.29) is 0 Å². The molecule has 1 heteroatoms. The number of furan rings is 1. The summed E-state index contributed by atoms with van der Waals surface area (Å²) < 4.78 is 6.28. The average Bonchev–Trinajstić information content (AvgIpc) is 3.35. The van der Waals surface area contributed by atoms with Gasteiger partial charge in [0.05, 0.1) is 0 Å². The summed E-state index contributed by atoms with van der Waals surface area (Å²) in [4.78, 5) is 0. The number of hydrogen-bond acceptors (Lipinski definition) is 1. The van der Waals surface area contributed by atoms with Crippen LogP contribution in [0.15, 0.2) is 126 Å². The number of fused-ring (bicyclic) bond motifs is 2. The molecular weight excluding hydrogens is 424 g/mol. The van der Waals surface area contributed by atoms with Crippen molar-refractivity contribution >= 4 is 54.1 Å². The van der Waals surface area contributed by atoms with Gasteiger partial charge < -0.3 is 4.42 Å². The lowest BCUT2D eigenvalue weighted by molar-refractivity contribution is 0.632. The zero-order valence-electron chi connectivity index (χ0n) is 19.0. The van der Waals surface area contributed by atoms with Crippen LogP contribution in [0.2, 0.25) is 0 Å². The molecule has 162 valence electrons. The molecule has 1 heterocycles. The highest BCUT2D eigenvalue weighted by Gasteiger charge is 2.16. The predicted octanol–water partition coefficient (Wildman–Crippen LogP) is 9.82. The first-order valence-electron chi connectivity index (χ1n) is 12.0. The van der Waals surface area contributed by atoms with Crippen molar-refractivity contribution in [3.63, 3.8) is 0 Å². The Morgan fingerprint density at radius 3 is 1.77 bits per heavy atom. The van der Waals surface area contributed by atoms with E-state index in [1.807, 2.05) is 12.1 Å². The molecule has 8 rings (SSSR count). The van der Waals surface area contributed by atoms with E-state index < -0.39 is 0 Å². The van der Waals surface area contributed by atoms with Crippen molar-refractivity contribution in [2.24, 2.45) is 0 Å². The molecule has 0 saturated heterocycles. The summed E-state index contributed by atoms with van der Waals surface area (Å²) in [7, 11) is 0. The fraction of sp³-hybridized carbons (Fsp3) is 0. The van der Waals surface area contributed by atoms with Gasteiger partial charge in [-0.25, -0.2) is 0 Å². The Kier molecular flexibility index (Phi) is 3.72. The highest BCUT2D eigenvalue weighted by atomic mass is 16.3. The SMILES string of the molecule is c1ccc2cc(-c3ccc4ccc5c(-c6cc7ccccc7o6)ccc6ccc3c4c65)ccc2c1. The van der Waals surface area contributed by atoms with E-state index in [0.29, 0.717) is 0 Å². The predicted molar refractivity (Wildman–Crippen MR) is 148 cm³/mol. The normalized spacial score (nSPS) is 12.0. The van der Waals surface area contributed by atoms with Gasteiger partial charge in [-0.3, -0.25) is 0 Å². The molecule has 0 amide bonds. The van der Waals surface area contributed by atoms with E-state index in [9.17, 15) is 0 Å². The zero-order valence-corrected chi connectivity index (χ0v) is 19.0. The van der Waals surface area contributed by atoms with Crippen LogP contribution in [-0.2, 0) is 0 Å². The average molecular weight is 445 g/mol. The van der Waals surface area contributed by atoms with Crippen LogP contribution in [0.5, 0.6) is 0 Å². The first-order valence-corrected chi connectivity index (χ1v) is 12.0. The van der Waals surface area contributed by atoms with Gasteiger partial charge in [0.25, 0.3) is 0 Å². The van der Waals surface area contributed by atoms with Crippen molar-refractivity contribution in [1.29, 1.82) is 0 Å². The summed E-state index contributed by atoms with van der Waals surface area (Å²) in [5.74, 6) is 0.916. The summed E-state index contributed by atoms with van der Waals surface area (Å²) >= 11 is 0. The maximum Gasteiger partial charge on any atom is 0.136 e. The highest BCUT2D eigenvalue weighted by Crippen LogP contribution is 2.43. The third-order valence-electron chi connectivity index (χ3n) is 7.42. The lowest BCUT2D eigenvalue weighted by atomic mass is 9.88. The number of rotatable bonds is 2. The molecule has 0 aliphatic carbocycles. The third-order valence-corrected chi connectivity index (χ3v) is 7.42. The topological polar surface area (TPSA) is 13.1 Å². The van der Waals surface area contributed by atoms with Crippen LogP contribution in [0.3, 0.4) is 0 Å². The molecule has 7 aromatic carbocycles. The van der Waals surface area contributed by atoms with Crippen LogP contribution in [0.1, 0.15) is 0 Å². The van der Waals surface area contributed by atoms with Gasteiger partial charge in [0.15, 0.2) is 0 Å². The van der Waals surface area contributed by atoms with Gasteiger partial charge in [0.2, 0.25) is 0 Å². The molecule has 0 unspecified atom stereocenters. The summed E-state index contributed by atoms with van der Waals surface area (Å²) in [6.07, 6.45) is 0. The van der Waals surface area contributed by atoms with Crippen LogP contribution in [-0.4, -0.2) is 0 Å². The van der Waals surface area contributed by atoms with E-state index in [1.54, 1.807) is 0 Å². The van der Waals surface area contributed by atoms with Gasteiger partial charge in [-0.1, -0.05) is 97.1 Å². The molecule has 0 aliphatic heterocycles. The fourth-order valence-electron chi connectivity index (χ4n) is 5.74. The molecule has 0 saturated carbocycles. The van der Waals surface area contributed by atoms with Gasteiger partial charge >= 0.3 is 0 Å². The molecule has 0 spiro atoms. The van der Waals surface area contributed by atoms with E-state index in [0.717, 1.165) is 22.3 Å². The molecule has 1 aromatic heterocycles. The van der Waals surface area contributed by atoms with E-state index in [1.165, 1.54) is 54.2 Å². The minimum absolute atomic E-state index is 0.916. The van der Waals surface area contributed by atoms with E-state index >= 15 is 0 Å². The summed E-state index contributed by atoms with van der Waals surface area (Å²) in [5, 5.41) is 11.3. The molecule has 0 bridgehead atoms. The minimum Gasteiger partial charge on any atom is -0.456 e. The maximum absolute atomic E-state index is 6.28. The van der Waals surface area contributed by atoms with Crippen molar-refractivity contribution in [3.05, 3.63) is 121 Å². The number of benzene rings is 7. The Morgan fingerprint density at radius 1 is 0.400 bits per heavy atom. The zero-order chi connectivity index (χ0) is 22.9. The number of para-hydroxylation sites is 1. The quantitative estimate of drug-likeness (QED) is 0.242. The van der Waals surface area contributed by atoms with Crippen LogP contribution in [0.25, 0.3) is 76.5 Å². The number of hydrogen-bond donors (Lipinski definition) is 0. The van der Waals surface area contributed by atoms with Crippen LogP contribution >= 0.6 is 0 Å². The fourth-order valence-corrected chi connectivity index (χ4v) is 5.74. The molecule has 8 aromatic rings. The highest BCUT2D eigenvalue weighted by molar-refractivity contribution is 6.27. The Hall–Kier alpha value is -4.62. The third kappa shape index (κ3) is 2.70. The minimum atomic E-state index is 0.916. The van der Waals surface area contributed by atoms with Crippen LogP contribution in [0.4, 0.5) is 0 Å². The van der Waals surface area contributed by atoms with Crippen molar-refractivity contribution in [2.45, 2.75) is 0 Å². The van der Waals surface area contributed by atoms with Gasteiger partial charge in [-0.05, 0) is 78.5 Å². The van der Waals surface area contributed by atoms with Gasteiger partial charge in [-0.2, -0.15) is 0 Å². The smallest absolute Gasteiger partial charge is 0.136 e. The molecule has 0 N–H and O–H groups in total. The summed E-state index contributed by atoms with van der Waals surface area (Å²) in [6.45, 7) is 0. The van der Waals surface area contributed by atoms with Crippen LogP contribution < -0.4 is 0 Å². The standard InChI is InChI=1S/C34H20O/c1-2-6-24-19-25(10-9-21(24)5-1)27-15-11-22-14-18-30-28(32-20-26-7-3-4-8-31(26)35-32)16-12-23-13-17-29(27)33(22)34(23)30/h1-20H. The van der Waals surface area contributed by atoms with Crippen molar-refractivity contribution in [1.82, 2.24) is 0 Å². The van der Waals surface area contributed by atoms with E-state index in [4.69, 9.17) is 4.42 Å². The molecular formula is C34H20O. The van der Waals surface area contributed by atoms with Crippen molar-refractivity contribution in [2.75, 3.05) is 0 Å². The second-order valence-corrected chi connectivity index (χ2v) is 9.36. The van der Waals surface area contributed by atoms with Gasteiger partial charge in [0, 0.05) is 10.9 Å². The van der Waals surface area contributed by atoms with Crippen molar-refractivity contribution in [3.8, 4) is 22.5 Å². The lowest BCUT2D eigenvalue weighted by Gasteiger charge is -2.16. The van der Waals surface area contributed by atoms with Gasteiger partial charge in [0.1, 0.15) is 11.3 Å². The molecule has 0 aliphatic rings. The maximum atomic E-state index is 6.28. The second kappa shape index (κ2) is 6.94. The Morgan fingerprint density at radius 2 is 1.00 bits per heavy atom. The molecule has 1 nitrogen and oxygen atoms in total. The molecule has 35 heavy (non-hydrogen) atoms. The molecule has 0 radical (unpaired) electrons. The first-order chi connectivity index (χ1) is 17.3.